The molecule has 0 amide bonds. The lowest BCUT2D eigenvalue weighted by atomic mass is 9.67. The Morgan fingerprint density at radius 1 is 1.26 bits per heavy atom. The van der Waals surface area contributed by atoms with Gasteiger partial charge in [-0.25, -0.2) is 14.8 Å². The van der Waals surface area contributed by atoms with Crippen LogP contribution in [0.15, 0.2) is 35.5 Å². The minimum Gasteiger partial charge on any atom is -0.490 e. The number of ether oxygens (including phenoxy) is 2. The van der Waals surface area contributed by atoms with Crippen LogP contribution in [0, 0.1) is 11.9 Å². The number of hydrogen-bond acceptors (Lipinski definition) is 7. The quantitative estimate of drug-likeness (QED) is 0.389. The van der Waals surface area contributed by atoms with Crippen molar-refractivity contribution in [3.8, 4) is 16.9 Å². The normalized spacial score (nSPS) is 26.9. The molecule has 3 heterocycles. The van der Waals surface area contributed by atoms with E-state index in [2.05, 4.69) is 9.98 Å². The summed E-state index contributed by atoms with van der Waals surface area (Å²) in [7, 11) is 0. The highest BCUT2D eigenvalue weighted by molar-refractivity contribution is 6.30. The Bertz CT molecular complexity index is 1180. The number of aliphatic imine (C=N–C) groups is 1. The minimum atomic E-state index is -5.08. The first-order chi connectivity index (χ1) is 16.4. The van der Waals surface area contributed by atoms with Crippen molar-refractivity contribution in [3.05, 3.63) is 47.0 Å². The molecule has 1 aromatic heterocycles. The molecule has 1 fully saturated rings. The molecule has 0 saturated heterocycles. The highest BCUT2D eigenvalue weighted by Gasteiger charge is 2.55. The molecule has 4 atom stereocenters. The van der Waals surface area contributed by atoms with Gasteiger partial charge in [0.2, 0.25) is 5.95 Å². The standard InChI is InChI=1S/C20H19ClFN3O3.C2HF3O2/c21-11-6-13(18(22)24-8-11)10-1-3-16-14(5-10)20(9-27-19(23)25-20)15-7-12(26)2-4-17(15)28-16;3-2(4,5)1(6)7/h1,3,5-6,8,12,15,17,26H,2,4,7,9H2,(H2,23,25);(H,6,7)/t12-,15-,17-,20?;/m0./s1. The van der Waals surface area contributed by atoms with E-state index in [-0.39, 0.29) is 24.7 Å². The summed E-state index contributed by atoms with van der Waals surface area (Å²) in [5.74, 6) is -2.76. The summed E-state index contributed by atoms with van der Waals surface area (Å²) < 4.78 is 57.9. The van der Waals surface area contributed by atoms with E-state index in [0.29, 0.717) is 34.7 Å². The van der Waals surface area contributed by atoms with Gasteiger partial charge < -0.3 is 25.4 Å². The molecule has 3 aliphatic rings. The number of nitrogens with two attached hydrogens (primary N) is 1. The Balaban J connectivity index is 0.000000364. The van der Waals surface area contributed by atoms with Crippen LogP contribution < -0.4 is 10.5 Å². The Kier molecular flexibility index (Phi) is 6.54. The summed E-state index contributed by atoms with van der Waals surface area (Å²) in [4.78, 5) is 17.3. The Hall–Kier alpha value is -3.12. The van der Waals surface area contributed by atoms with Crippen LogP contribution in [0.3, 0.4) is 0 Å². The third-order valence-electron chi connectivity index (χ3n) is 6.21. The summed E-state index contributed by atoms with van der Waals surface area (Å²) in [6, 6.07) is 7.10. The average molecular weight is 518 g/mol. The maximum absolute atomic E-state index is 14.3. The number of alkyl halides is 3. The van der Waals surface area contributed by atoms with Crippen molar-refractivity contribution in [2.45, 2.75) is 43.2 Å². The van der Waals surface area contributed by atoms with E-state index in [9.17, 15) is 22.7 Å². The third kappa shape index (κ3) is 4.85. The van der Waals surface area contributed by atoms with Gasteiger partial charge in [0.25, 0.3) is 6.02 Å². The molecule has 2 aromatic rings. The smallest absolute Gasteiger partial charge is 0.490 e. The van der Waals surface area contributed by atoms with Crippen molar-refractivity contribution in [2.75, 3.05) is 6.61 Å². The lowest BCUT2D eigenvalue weighted by Crippen LogP contribution is -2.51. The number of carbonyl (C=O) groups is 1. The summed E-state index contributed by atoms with van der Waals surface area (Å²) >= 11 is 6.02. The summed E-state index contributed by atoms with van der Waals surface area (Å²) in [5, 5.41) is 17.7. The topological polar surface area (TPSA) is 127 Å². The molecule has 2 aliphatic heterocycles. The number of fused-ring (bicyclic) bond motifs is 4. The van der Waals surface area contributed by atoms with Gasteiger partial charge in [-0.3, -0.25) is 0 Å². The number of aliphatic hydroxyl groups excluding tert-OH is 1. The molecule has 1 unspecified atom stereocenters. The zero-order valence-corrected chi connectivity index (χ0v) is 18.7. The fourth-order valence-electron chi connectivity index (χ4n) is 4.66. The highest BCUT2D eigenvalue weighted by atomic mass is 35.5. The number of nitrogens with zero attached hydrogens (tertiary/aromatic N) is 2. The number of carboxylic acids is 1. The van der Waals surface area contributed by atoms with Crippen molar-refractivity contribution in [1.29, 1.82) is 0 Å². The van der Waals surface area contributed by atoms with Gasteiger partial charge in [0.05, 0.1) is 11.1 Å². The van der Waals surface area contributed by atoms with Gasteiger partial charge in [0, 0.05) is 23.2 Å². The number of aliphatic carboxylic acids is 1. The molecule has 188 valence electrons. The van der Waals surface area contributed by atoms with Crippen molar-refractivity contribution < 1.29 is 42.0 Å². The zero-order chi connectivity index (χ0) is 25.5. The summed E-state index contributed by atoms with van der Waals surface area (Å²) in [5.41, 5.74) is 6.81. The SMILES string of the molecule is NC1=NC2(CO1)c1cc(-c3cc(Cl)cnc3F)ccc1O[C@H]1CC[C@H](O)C[C@@H]12.O=C(O)C(F)(F)F. The van der Waals surface area contributed by atoms with Gasteiger partial charge in [-0.15, -0.1) is 0 Å². The predicted octanol–water partition coefficient (Wildman–Crippen LogP) is 3.64. The number of amidine groups is 1. The number of carboxylic acid groups (broad SMARTS) is 1. The van der Waals surface area contributed by atoms with E-state index in [1.165, 1.54) is 12.3 Å². The monoisotopic (exact) mass is 517 g/mol. The predicted molar refractivity (Wildman–Crippen MR) is 115 cm³/mol. The molecule has 4 N–H and O–H groups in total. The fraction of sp³-hybridized carbons (Fsp3) is 0.409. The van der Waals surface area contributed by atoms with Crippen LogP contribution in [0.2, 0.25) is 5.02 Å². The van der Waals surface area contributed by atoms with Crippen LogP contribution in [0.5, 0.6) is 5.75 Å². The number of rotatable bonds is 1. The molecular weight excluding hydrogens is 498 g/mol. The first-order valence-electron chi connectivity index (χ1n) is 10.5. The summed E-state index contributed by atoms with van der Waals surface area (Å²) in [6.07, 6.45) is -2.35. The van der Waals surface area contributed by atoms with E-state index >= 15 is 0 Å². The maximum Gasteiger partial charge on any atom is 0.490 e. The number of pyridine rings is 1. The molecule has 1 spiro atoms. The lowest BCUT2D eigenvalue weighted by Gasteiger charge is -2.47. The van der Waals surface area contributed by atoms with E-state index in [1.807, 2.05) is 12.1 Å². The van der Waals surface area contributed by atoms with Gasteiger partial charge in [0.15, 0.2) is 0 Å². The molecule has 35 heavy (non-hydrogen) atoms. The lowest BCUT2D eigenvalue weighted by molar-refractivity contribution is -0.192. The highest BCUT2D eigenvalue weighted by Crippen LogP contribution is 2.53. The molecular formula is C22H20ClF4N3O5. The fourth-order valence-corrected chi connectivity index (χ4v) is 4.82. The number of halogens is 5. The molecule has 8 nitrogen and oxygen atoms in total. The minimum absolute atomic E-state index is 0.0791. The molecule has 5 rings (SSSR count). The second-order valence-electron chi connectivity index (χ2n) is 8.40. The molecule has 0 radical (unpaired) electrons. The van der Waals surface area contributed by atoms with Crippen LogP contribution >= 0.6 is 11.6 Å². The van der Waals surface area contributed by atoms with Crippen LogP contribution in [-0.2, 0) is 15.1 Å². The number of aromatic nitrogens is 1. The number of benzene rings is 1. The Morgan fingerprint density at radius 2 is 1.97 bits per heavy atom. The Morgan fingerprint density at radius 3 is 2.60 bits per heavy atom. The number of hydrogen-bond donors (Lipinski definition) is 3. The first-order valence-corrected chi connectivity index (χ1v) is 10.9. The molecule has 1 aromatic carbocycles. The van der Waals surface area contributed by atoms with Gasteiger partial charge in [0.1, 0.15) is 24.0 Å². The van der Waals surface area contributed by atoms with Crippen LogP contribution in [0.4, 0.5) is 17.6 Å². The second-order valence-corrected chi connectivity index (χ2v) is 8.83. The van der Waals surface area contributed by atoms with E-state index in [1.54, 1.807) is 6.07 Å². The van der Waals surface area contributed by atoms with Crippen molar-refractivity contribution in [3.63, 3.8) is 0 Å². The van der Waals surface area contributed by atoms with E-state index in [0.717, 1.165) is 12.0 Å². The van der Waals surface area contributed by atoms with Gasteiger partial charge in [-0.05, 0) is 43.0 Å². The van der Waals surface area contributed by atoms with Gasteiger partial charge in [-0.2, -0.15) is 17.6 Å². The van der Waals surface area contributed by atoms with Gasteiger partial charge >= 0.3 is 12.1 Å². The maximum atomic E-state index is 14.3. The molecule has 1 saturated carbocycles. The Labute approximate surface area is 201 Å². The third-order valence-corrected chi connectivity index (χ3v) is 6.41. The molecule has 13 heteroatoms. The van der Waals surface area contributed by atoms with Crippen LogP contribution in [0.25, 0.3) is 11.1 Å². The molecule has 1 aliphatic carbocycles. The van der Waals surface area contributed by atoms with Crippen LogP contribution in [0.1, 0.15) is 24.8 Å². The zero-order valence-electron chi connectivity index (χ0n) is 17.9. The van der Waals surface area contributed by atoms with Crippen molar-refractivity contribution in [1.82, 2.24) is 4.98 Å². The van der Waals surface area contributed by atoms with Crippen molar-refractivity contribution >= 4 is 23.6 Å². The summed E-state index contributed by atoms with van der Waals surface area (Å²) in [6.45, 7) is 0.267. The van der Waals surface area contributed by atoms with Crippen molar-refractivity contribution in [2.24, 2.45) is 16.6 Å². The first kappa shape index (κ1) is 25.0. The number of aliphatic hydroxyl groups is 1. The van der Waals surface area contributed by atoms with Gasteiger partial charge in [-0.1, -0.05) is 17.7 Å². The molecule has 0 bridgehead atoms. The largest absolute Gasteiger partial charge is 0.490 e. The van der Waals surface area contributed by atoms with E-state index < -0.39 is 29.7 Å². The average Bonchev–Trinajstić information content (AvgIpc) is 3.18. The second kappa shape index (κ2) is 9.15. The van der Waals surface area contributed by atoms with E-state index in [4.69, 9.17) is 36.7 Å². The van der Waals surface area contributed by atoms with Crippen LogP contribution in [-0.4, -0.2) is 52.2 Å².